The molecule has 218 valence electrons. The molecule has 4 atom stereocenters. The first kappa shape index (κ1) is 32.4. The molecule has 1 aliphatic heterocycles. The Labute approximate surface area is 229 Å². The van der Waals surface area contributed by atoms with Crippen molar-refractivity contribution in [3.63, 3.8) is 0 Å². The van der Waals surface area contributed by atoms with Crippen LogP contribution in [0.5, 0.6) is 0 Å². The minimum absolute atomic E-state index is 0.249. The molecule has 8 nitrogen and oxygen atoms in total. The zero-order valence-electron chi connectivity index (χ0n) is 23.8. The number of unbranched alkanes of at least 4 members (excludes halogenated alkanes) is 16. The van der Waals surface area contributed by atoms with Crippen molar-refractivity contribution in [2.45, 2.75) is 154 Å². The summed E-state index contributed by atoms with van der Waals surface area (Å²) < 4.78 is 12.3. The van der Waals surface area contributed by atoms with Gasteiger partial charge in [-0.2, -0.15) is 4.98 Å². The molecule has 38 heavy (non-hydrogen) atoms. The normalized spacial score (nSPS) is 21.2. The molecule has 0 aromatic carbocycles. The minimum atomic E-state index is -1.22. The quantitative estimate of drug-likeness (QED) is 0.152. The molecule has 0 spiro atoms. The van der Waals surface area contributed by atoms with Crippen molar-refractivity contribution >= 4 is 5.97 Å². The van der Waals surface area contributed by atoms with E-state index in [2.05, 4.69) is 11.9 Å². The molecule has 1 saturated heterocycles. The molecule has 2 heterocycles. The van der Waals surface area contributed by atoms with Crippen LogP contribution < -0.4 is 5.69 Å². The van der Waals surface area contributed by atoms with Gasteiger partial charge in [0.2, 0.25) is 0 Å². The number of nitrogens with zero attached hydrogens (tertiary/aromatic N) is 2. The topological polar surface area (TPSA) is 111 Å². The van der Waals surface area contributed by atoms with Crippen LogP contribution in [0.2, 0.25) is 0 Å². The Morgan fingerprint density at radius 2 is 1.42 bits per heavy atom. The number of aromatic nitrogens is 2. The Morgan fingerprint density at radius 3 is 1.89 bits per heavy atom. The average molecular weight is 537 g/mol. The minimum Gasteiger partial charge on any atom is -0.455 e. The van der Waals surface area contributed by atoms with Gasteiger partial charge in [0.05, 0.1) is 6.61 Å². The van der Waals surface area contributed by atoms with Crippen LogP contribution in [0.4, 0.5) is 0 Å². The lowest BCUT2D eigenvalue weighted by Gasteiger charge is -2.22. The van der Waals surface area contributed by atoms with E-state index >= 15 is 0 Å². The van der Waals surface area contributed by atoms with E-state index in [4.69, 9.17) is 9.47 Å². The molecule has 0 radical (unpaired) electrons. The summed E-state index contributed by atoms with van der Waals surface area (Å²) in [5.41, 5.74) is -0.00847. The van der Waals surface area contributed by atoms with Crippen molar-refractivity contribution in [1.82, 2.24) is 9.55 Å². The summed E-state index contributed by atoms with van der Waals surface area (Å²) in [6.45, 7) is 3.52. The number of aryl methyl sites for hydroxylation is 1. The van der Waals surface area contributed by atoms with Gasteiger partial charge in [-0.1, -0.05) is 110 Å². The molecule has 1 fully saturated rings. The van der Waals surface area contributed by atoms with Crippen molar-refractivity contribution in [1.29, 1.82) is 0 Å². The third-order valence-electron chi connectivity index (χ3n) is 7.49. The van der Waals surface area contributed by atoms with Crippen molar-refractivity contribution in [2.75, 3.05) is 6.61 Å². The maximum atomic E-state index is 12.5. The summed E-state index contributed by atoms with van der Waals surface area (Å²) in [4.78, 5) is 28.6. The van der Waals surface area contributed by atoms with Crippen LogP contribution in [0, 0.1) is 6.92 Å². The van der Waals surface area contributed by atoms with Gasteiger partial charge in [-0.15, -0.1) is 0 Å². The fourth-order valence-corrected chi connectivity index (χ4v) is 5.12. The molecule has 0 saturated carbocycles. The predicted molar refractivity (Wildman–Crippen MR) is 149 cm³/mol. The lowest BCUT2D eigenvalue weighted by Crippen LogP contribution is -2.39. The van der Waals surface area contributed by atoms with Gasteiger partial charge in [0.1, 0.15) is 12.2 Å². The summed E-state index contributed by atoms with van der Waals surface area (Å²) >= 11 is 0. The predicted octanol–water partition coefficient (Wildman–Crippen LogP) is 5.76. The number of carbonyl (C=O) groups is 1. The van der Waals surface area contributed by atoms with Crippen LogP contribution in [-0.2, 0) is 14.3 Å². The van der Waals surface area contributed by atoms with Crippen molar-refractivity contribution in [2.24, 2.45) is 0 Å². The van der Waals surface area contributed by atoms with E-state index in [1.807, 2.05) is 0 Å². The molecule has 0 aliphatic carbocycles. The fourth-order valence-electron chi connectivity index (χ4n) is 5.12. The smallest absolute Gasteiger partial charge is 0.350 e. The summed E-state index contributed by atoms with van der Waals surface area (Å²) in [7, 11) is 0. The van der Waals surface area contributed by atoms with E-state index in [1.165, 1.54) is 101 Å². The monoisotopic (exact) mass is 536 g/mol. The second-order valence-corrected chi connectivity index (χ2v) is 10.9. The van der Waals surface area contributed by atoms with Gasteiger partial charge in [-0.3, -0.25) is 9.36 Å². The molecule has 1 aromatic rings. The maximum absolute atomic E-state index is 12.5. The number of hydrogen-bond donors (Lipinski definition) is 2. The van der Waals surface area contributed by atoms with Gasteiger partial charge in [0, 0.05) is 18.3 Å². The fraction of sp³-hybridized carbons (Fsp3) is 0.833. The van der Waals surface area contributed by atoms with Gasteiger partial charge in [-0.25, -0.2) is 4.79 Å². The Balaban J connectivity index is 1.52. The molecule has 8 heteroatoms. The zero-order valence-corrected chi connectivity index (χ0v) is 23.8. The second-order valence-electron chi connectivity index (χ2n) is 10.9. The van der Waals surface area contributed by atoms with Crippen molar-refractivity contribution < 1.29 is 24.5 Å². The Bertz CT molecular complexity index is 829. The largest absolute Gasteiger partial charge is 0.455 e. The molecule has 2 rings (SSSR count). The van der Waals surface area contributed by atoms with E-state index in [1.54, 1.807) is 13.0 Å². The Morgan fingerprint density at radius 1 is 0.921 bits per heavy atom. The summed E-state index contributed by atoms with van der Waals surface area (Å²) in [6, 6.07) is 1.64. The number of aliphatic hydroxyl groups excluding tert-OH is 2. The van der Waals surface area contributed by atoms with Crippen LogP contribution in [0.3, 0.4) is 0 Å². The van der Waals surface area contributed by atoms with E-state index < -0.39 is 42.8 Å². The van der Waals surface area contributed by atoms with Crippen LogP contribution in [-0.4, -0.2) is 50.7 Å². The molecule has 0 amide bonds. The number of rotatable bonds is 21. The van der Waals surface area contributed by atoms with Crippen molar-refractivity contribution in [3.05, 3.63) is 28.4 Å². The summed E-state index contributed by atoms with van der Waals surface area (Å²) in [5, 5.41) is 20.0. The third-order valence-corrected chi connectivity index (χ3v) is 7.49. The van der Waals surface area contributed by atoms with Crippen LogP contribution >= 0.6 is 0 Å². The lowest BCUT2D eigenvalue weighted by atomic mass is 10.0. The number of hydrogen-bond acceptors (Lipinski definition) is 7. The highest BCUT2D eigenvalue weighted by atomic mass is 16.6. The van der Waals surface area contributed by atoms with Crippen LogP contribution in [0.1, 0.15) is 134 Å². The van der Waals surface area contributed by atoms with Gasteiger partial charge in [0.25, 0.3) is 0 Å². The highest BCUT2D eigenvalue weighted by molar-refractivity contribution is 5.69. The molecule has 0 bridgehead atoms. The number of carbonyl (C=O) groups excluding carboxylic acids is 1. The number of ether oxygens (including phenoxy) is 2. The SMILES string of the molecule is CCCCCCCCCCCCCCCCCCCC(=O)O[C@H]1C(O)[C@@H](CO)O[C@H]1n1ccc(C)nc1=O. The lowest BCUT2D eigenvalue weighted by molar-refractivity contribution is -0.159. The van der Waals surface area contributed by atoms with E-state index in [0.717, 1.165) is 19.3 Å². The van der Waals surface area contributed by atoms with Gasteiger partial charge in [0.15, 0.2) is 12.3 Å². The standard InChI is InChI=1S/C30H52N2O6/c1-3-4-5-6-7-8-9-10-11-12-13-14-15-16-17-18-19-20-26(34)38-28-27(35)25(23-33)37-29(28)32-22-21-24(2)31-30(32)36/h21-22,25,27-29,33,35H,3-20,23H2,1-2H3/t25-,27?,28+,29-/m1/s1. The number of aliphatic hydroxyl groups is 2. The average Bonchev–Trinajstić information content (AvgIpc) is 3.20. The molecule has 1 unspecified atom stereocenters. The molecule has 2 N–H and O–H groups in total. The first-order valence-electron chi connectivity index (χ1n) is 15.2. The Hall–Kier alpha value is -1.77. The van der Waals surface area contributed by atoms with Crippen LogP contribution in [0.15, 0.2) is 17.1 Å². The van der Waals surface area contributed by atoms with E-state index in [0.29, 0.717) is 5.69 Å². The second kappa shape index (κ2) is 19.3. The van der Waals surface area contributed by atoms with Gasteiger partial charge < -0.3 is 19.7 Å². The summed E-state index contributed by atoms with van der Waals surface area (Å²) in [6.07, 6.45) is 19.1. The Kier molecular flexibility index (Phi) is 16.5. The molecular weight excluding hydrogens is 484 g/mol. The van der Waals surface area contributed by atoms with Crippen LogP contribution in [0.25, 0.3) is 0 Å². The van der Waals surface area contributed by atoms with Crippen molar-refractivity contribution in [3.8, 4) is 0 Å². The summed E-state index contributed by atoms with van der Waals surface area (Å²) in [5.74, 6) is -0.435. The first-order valence-corrected chi connectivity index (χ1v) is 15.2. The van der Waals surface area contributed by atoms with Gasteiger partial charge in [-0.05, 0) is 19.4 Å². The highest BCUT2D eigenvalue weighted by Crippen LogP contribution is 2.31. The maximum Gasteiger partial charge on any atom is 0.350 e. The number of esters is 1. The highest BCUT2D eigenvalue weighted by Gasteiger charge is 2.47. The zero-order chi connectivity index (χ0) is 27.6. The molecule has 1 aliphatic rings. The van der Waals surface area contributed by atoms with Gasteiger partial charge >= 0.3 is 11.7 Å². The molecular formula is C30H52N2O6. The van der Waals surface area contributed by atoms with E-state index in [9.17, 15) is 19.8 Å². The molecule has 1 aromatic heterocycles. The first-order chi connectivity index (χ1) is 18.5. The van der Waals surface area contributed by atoms with E-state index in [-0.39, 0.29) is 6.42 Å². The third kappa shape index (κ3) is 12.0.